The topological polar surface area (TPSA) is 59.6 Å². The Morgan fingerprint density at radius 3 is 2.45 bits per heavy atom. The van der Waals surface area contributed by atoms with Crippen molar-refractivity contribution in [1.82, 2.24) is 0 Å². The Kier molecular flexibility index (Phi) is 7.76. The number of carbonyl (C=O) groups excluding carboxylic acids is 1. The van der Waals surface area contributed by atoms with Crippen LogP contribution in [0.2, 0.25) is 5.02 Å². The number of amides is 1. The predicted octanol–water partition coefficient (Wildman–Crippen LogP) is 6.19. The van der Waals surface area contributed by atoms with Crippen LogP contribution in [-0.2, 0) is 11.3 Å². The first kappa shape index (κ1) is 22.9. The number of hydrogen-bond acceptors (Lipinski definition) is 4. The van der Waals surface area contributed by atoms with Crippen LogP contribution in [-0.4, -0.2) is 19.6 Å². The molecule has 0 spiro atoms. The molecule has 3 aromatic carbocycles. The average Bonchev–Trinajstić information content (AvgIpc) is 2.75. The third kappa shape index (κ3) is 6.35. The molecule has 0 bridgehead atoms. The molecule has 0 fully saturated rings. The minimum atomic E-state index is -0.469. The highest BCUT2D eigenvalue weighted by Crippen LogP contribution is 2.34. The zero-order chi connectivity index (χ0) is 22.4. The maximum absolute atomic E-state index is 13.3. The van der Waals surface area contributed by atoms with Crippen LogP contribution < -0.4 is 20.1 Å². The SMILES string of the molecule is COc1cc(CNc2ccc(F)c(Cl)c2)c(Br)cc1OCC(=O)Nc1ccc(C)cc1. The number of methoxy groups -OCH3 is 1. The van der Waals surface area contributed by atoms with Gasteiger partial charge in [0.2, 0.25) is 0 Å². The van der Waals surface area contributed by atoms with Crippen LogP contribution in [0.1, 0.15) is 11.1 Å². The van der Waals surface area contributed by atoms with Gasteiger partial charge in [-0.3, -0.25) is 4.79 Å². The summed E-state index contributed by atoms with van der Waals surface area (Å²) in [6.45, 7) is 2.25. The molecular weight excluding hydrogens is 487 g/mol. The Balaban J connectivity index is 1.63. The smallest absolute Gasteiger partial charge is 0.262 e. The minimum Gasteiger partial charge on any atom is -0.493 e. The number of hydrogen-bond donors (Lipinski definition) is 2. The lowest BCUT2D eigenvalue weighted by molar-refractivity contribution is -0.118. The van der Waals surface area contributed by atoms with Crippen molar-refractivity contribution in [2.75, 3.05) is 24.4 Å². The molecule has 0 heterocycles. The zero-order valence-electron chi connectivity index (χ0n) is 17.0. The average molecular weight is 508 g/mol. The lowest BCUT2D eigenvalue weighted by Crippen LogP contribution is -2.20. The number of anilines is 2. The molecular formula is C23H21BrClFN2O3. The summed E-state index contributed by atoms with van der Waals surface area (Å²) in [5, 5.41) is 6.02. The maximum atomic E-state index is 13.3. The quantitative estimate of drug-likeness (QED) is 0.382. The summed E-state index contributed by atoms with van der Waals surface area (Å²) in [4.78, 5) is 12.2. The van der Waals surface area contributed by atoms with E-state index in [0.717, 1.165) is 15.6 Å². The summed E-state index contributed by atoms with van der Waals surface area (Å²) < 4.78 is 25.2. The van der Waals surface area contributed by atoms with E-state index in [2.05, 4.69) is 26.6 Å². The second-order valence-corrected chi connectivity index (χ2v) is 8.04. The lowest BCUT2D eigenvalue weighted by Gasteiger charge is -2.15. The number of aryl methyl sites for hydroxylation is 1. The first-order chi connectivity index (χ1) is 14.9. The van der Waals surface area contributed by atoms with Crippen LogP contribution in [0.4, 0.5) is 15.8 Å². The van der Waals surface area contributed by atoms with Gasteiger partial charge in [-0.1, -0.05) is 45.2 Å². The molecule has 2 N–H and O–H groups in total. The fraction of sp³-hybridized carbons (Fsp3) is 0.174. The Morgan fingerprint density at radius 1 is 1.06 bits per heavy atom. The van der Waals surface area contributed by atoms with Crippen molar-refractivity contribution in [3.05, 3.63) is 81.0 Å². The lowest BCUT2D eigenvalue weighted by atomic mass is 10.2. The number of benzene rings is 3. The van der Waals surface area contributed by atoms with Crippen molar-refractivity contribution in [1.29, 1.82) is 0 Å². The molecule has 0 saturated carbocycles. The van der Waals surface area contributed by atoms with Gasteiger partial charge in [-0.25, -0.2) is 4.39 Å². The second-order valence-electron chi connectivity index (χ2n) is 6.78. The fourth-order valence-electron chi connectivity index (χ4n) is 2.77. The van der Waals surface area contributed by atoms with Crippen molar-refractivity contribution in [3.63, 3.8) is 0 Å². The minimum absolute atomic E-state index is 0.0503. The Labute approximate surface area is 193 Å². The molecule has 3 rings (SSSR count). The number of rotatable bonds is 8. The highest BCUT2D eigenvalue weighted by Gasteiger charge is 2.13. The normalized spacial score (nSPS) is 10.5. The van der Waals surface area contributed by atoms with Crippen molar-refractivity contribution in [2.24, 2.45) is 0 Å². The summed E-state index contributed by atoms with van der Waals surface area (Å²) in [6, 6.07) is 15.5. The van der Waals surface area contributed by atoms with Gasteiger partial charge in [0.25, 0.3) is 5.91 Å². The van der Waals surface area contributed by atoms with Gasteiger partial charge in [-0.2, -0.15) is 0 Å². The van der Waals surface area contributed by atoms with Crippen LogP contribution in [0.25, 0.3) is 0 Å². The molecule has 0 radical (unpaired) electrons. The van der Waals surface area contributed by atoms with Gasteiger partial charge >= 0.3 is 0 Å². The molecule has 1 amide bonds. The van der Waals surface area contributed by atoms with E-state index in [1.165, 1.54) is 19.2 Å². The summed E-state index contributed by atoms with van der Waals surface area (Å²) in [5.74, 6) is 0.172. The summed E-state index contributed by atoms with van der Waals surface area (Å²) in [6.07, 6.45) is 0. The van der Waals surface area contributed by atoms with Gasteiger partial charge in [0.1, 0.15) is 5.82 Å². The molecule has 5 nitrogen and oxygen atoms in total. The molecule has 8 heteroatoms. The molecule has 0 unspecified atom stereocenters. The van der Waals surface area contributed by atoms with E-state index in [1.807, 2.05) is 31.2 Å². The van der Waals surface area contributed by atoms with Crippen molar-refractivity contribution in [2.45, 2.75) is 13.5 Å². The summed E-state index contributed by atoms with van der Waals surface area (Å²) in [7, 11) is 1.53. The van der Waals surface area contributed by atoms with Crippen molar-refractivity contribution < 1.29 is 18.7 Å². The van der Waals surface area contributed by atoms with E-state index < -0.39 is 5.82 Å². The van der Waals surface area contributed by atoms with Gasteiger partial charge in [0, 0.05) is 22.4 Å². The van der Waals surface area contributed by atoms with E-state index in [4.69, 9.17) is 21.1 Å². The third-order valence-electron chi connectivity index (χ3n) is 4.43. The second kappa shape index (κ2) is 10.5. The van der Waals surface area contributed by atoms with E-state index in [9.17, 15) is 9.18 Å². The largest absolute Gasteiger partial charge is 0.493 e. The highest BCUT2D eigenvalue weighted by atomic mass is 79.9. The Hall–Kier alpha value is -2.77. The van der Waals surface area contributed by atoms with Gasteiger partial charge in [-0.15, -0.1) is 0 Å². The van der Waals surface area contributed by atoms with E-state index >= 15 is 0 Å². The van der Waals surface area contributed by atoms with E-state index in [1.54, 1.807) is 18.2 Å². The zero-order valence-corrected chi connectivity index (χ0v) is 19.3. The van der Waals surface area contributed by atoms with Crippen LogP contribution in [0.15, 0.2) is 59.1 Å². The standard InChI is InChI=1S/C23H21BrClFN2O3/c1-14-3-5-16(6-4-14)28-23(29)13-31-22-11-18(24)15(9-21(22)30-2)12-27-17-7-8-20(26)19(25)10-17/h3-11,27H,12-13H2,1-2H3,(H,28,29). The molecule has 162 valence electrons. The molecule has 0 aliphatic heterocycles. The molecule has 0 aliphatic rings. The fourth-order valence-corrected chi connectivity index (χ4v) is 3.41. The monoisotopic (exact) mass is 506 g/mol. The first-order valence-electron chi connectivity index (χ1n) is 9.40. The Morgan fingerprint density at radius 2 is 1.77 bits per heavy atom. The number of carbonyl (C=O) groups is 1. The molecule has 3 aromatic rings. The summed E-state index contributed by atoms with van der Waals surface area (Å²) in [5.41, 5.74) is 3.38. The van der Waals surface area contributed by atoms with Gasteiger partial charge in [0.15, 0.2) is 18.1 Å². The first-order valence-corrected chi connectivity index (χ1v) is 10.6. The summed E-state index contributed by atoms with van der Waals surface area (Å²) >= 11 is 9.34. The van der Waals surface area contributed by atoms with Crippen molar-refractivity contribution in [3.8, 4) is 11.5 Å². The highest BCUT2D eigenvalue weighted by molar-refractivity contribution is 9.10. The van der Waals surface area contributed by atoms with Crippen LogP contribution >= 0.6 is 27.5 Å². The molecule has 0 aliphatic carbocycles. The van der Waals surface area contributed by atoms with Gasteiger partial charge in [0.05, 0.1) is 12.1 Å². The third-order valence-corrected chi connectivity index (χ3v) is 5.46. The van der Waals surface area contributed by atoms with Crippen LogP contribution in [0.5, 0.6) is 11.5 Å². The molecule has 0 atom stereocenters. The van der Waals surface area contributed by atoms with Crippen LogP contribution in [0, 0.1) is 12.7 Å². The van der Waals surface area contributed by atoms with Crippen molar-refractivity contribution >= 4 is 44.8 Å². The van der Waals surface area contributed by atoms with E-state index in [0.29, 0.717) is 29.4 Å². The molecule has 0 aromatic heterocycles. The number of ether oxygens (including phenoxy) is 2. The van der Waals surface area contributed by atoms with Crippen LogP contribution in [0.3, 0.4) is 0 Å². The predicted molar refractivity (Wildman–Crippen MR) is 125 cm³/mol. The Bertz CT molecular complexity index is 1080. The molecule has 0 saturated heterocycles. The number of halogens is 3. The van der Waals surface area contributed by atoms with Gasteiger partial charge < -0.3 is 20.1 Å². The molecule has 31 heavy (non-hydrogen) atoms. The van der Waals surface area contributed by atoms with Gasteiger partial charge in [-0.05, 0) is 55.0 Å². The number of nitrogens with one attached hydrogen (secondary N) is 2. The van der Waals surface area contributed by atoms with E-state index in [-0.39, 0.29) is 17.5 Å². The maximum Gasteiger partial charge on any atom is 0.262 e.